The third kappa shape index (κ3) is 4.08. The maximum atomic E-state index is 13.0. The molecule has 2 aromatic heterocycles. The van der Waals surface area contributed by atoms with E-state index in [4.69, 9.17) is 14.3 Å². The highest BCUT2D eigenvalue weighted by Crippen LogP contribution is 2.38. The van der Waals surface area contributed by atoms with E-state index in [2.05, 4.69) is 4.98 Å². The van der Waals surface area contributed by atoms with Gasteiger partial charge < -0.3 is 9.15 Å². The van der Waals surface area contributed by atoms with Crippen LogP contribution in [0.4, 0.5) is 0 Å². The molecule has 0 saturated carbocycles. The Kier molecular flexibility index (Phi) is 5.33. The molecule has 0 bridgehead atoms. The Balaban J connectivity index is 1.41. The molecule has 0 unspecified atom stereocenters. The summed E-state index contributed by atoms with van der Waals surface area (Å²) in [5, 5.41) is 7.62. The third-order valence-corrected chi connectivity index (χ3v) is 8.70. The van der Waals surface area contributed by atoms with E-state index < -0.39 is 9.53 Å². The molecule has 8 heteroatoms. The summed E-state index contributed by atoms with van der Waals surface area (Å²) in [6, 6.07) is 19.3. The van der Waals surface area contributed by atoms with E-state index in [-0.39, 0.29) is 9.10 Å². The predicted molar refractivity (Wildman–Crippen MR) is 118 cm³/mol. The number of nitrogens with zero attached hydrogens (tertiary/aromatic N) is 1. The minimum Gasteiger partial charge on any atom is -0.493 e. The fraction of sp³-hybridized carbons (Fsp3) is 0.136. The predicted octanol–water partition coefficient (Wildman–Crippen LogP) is 4.92. The maximum Gasteiger partial charge on any atom is 0.226 e. The van der Waals surface area contributed by atoms with E-state index >= 15 is 0 Å². The van der Waals surface area contributed by atoms with Crippen LogP contribution >= 0.6 is 11.3 Å². The van der Waals surface area contributed by atoms with Gasteiger partial charge in [-0.1, -0.05) is 27.7 Å². The molecule has 30 heavy (non-hydrogen) atoms. The van der Waals surface area contributed by atoms with Crippen LogP contribution in [0.3, 0.4) is 0 Å². The molecule has 0 fully saturated rings. The fourth-order valence-corrected chi connectivity index (χ4v) is 5.92. The standard InChI is InChI=1S/C22H22N2O4S2/c1-16-20(24-22(28-16)17-6-3-2-4-7-17)13-14-27-18-9-11-19(12-10-18)30(23,25,26)21-8-5-15-29-21/h2-12,15H,13-14H2,1H3,(H3,23,25,26). The van der Waals surface area contributed by atoms with Crippen LogP contribution < -0.4 is 9.88 Å². The molecule has 2 heterocycles. The summed E-state index contributed by atoms with van der Waals surface area (Å²) in [6.45, 7) is 2.28. The zero-order valence-electron chi connectivity index (χ0n) is 16.4. The normalized spacial score (nSPS) is 13.0. The van der Waals surface area contributed by atoms with Gasteiger partial charge in [0.2, 0.25) is 5.89 Å². The van der Waals surface area contributed by atoms with Crippen LogP contribution in [-0.2, 0) is 16.0 Å². The Morgan fingerprint density at radius 1 is 1.10 bits per heavy atom. The molecule has 0 spiro atoms. The second-order valence-corrected chi connectivity index (χ2v) is 10.9. The number of oxazole rings is 1. The Hall–Kier alpha value is -2.78. The van der Waals surface area contributed by atoms with Crippen molar-refractivity contribution in [3.05, 3.63) is 83.6 Å². The summed E-state index contributed by atoms with van der Waals surface area (Å²) in [7, 11) is -4.56. The number of ether oxygens (including phenoxy) is 1. The summed E-state index contributed by atoms with van der Waals surface area (Å²) >= 11 is 1.15. The van der Waals surface area contributed by atoms with Gasteiger partial charge in [0.1, 0.15) is 15.7 Å². The molecule has 156 valence electrons. The molecule has 0 aliphatic rings. The number of hydrogen-bond acceptors (Lipinski definition) is 5. The zero-order valence-corrected chi connectivity index (χ0v) is 18.0. The summed E-state index contributed by atoms with van der Waals surface area (Å²) in [5.41, 5.74) is 1.77. The molecule has 2 aromatic carbocycles. The Labute approximate surface area is 178 Å². The van der Waals surface area contributed by atoms with E-state index in [1.165, 1.54) is 12.1 Å². The van der Waals surface area contributed by atoms with Crippen molar-refractivity contribution in [2.75, 3.05) is 6.61 Å². The fourth-order valence-electron chi connectivity index (χ4n) is 3.03. The van der Waals surface area contributed by atoms with Crippen molar-refractivity contribution < 1.29 is 17.9 Å². The van der Waals surface area contributed by atoms with Crippen LogP contribution in [0.5, 0.6) is 5.75 Å². The minimum atomic E-state index is -4.56. The van der Waals surface area contributed by atoms with Gasteiger partial charge in [-0.05, 0) is 60.8 Å². The average molecular weight is 443 g/mol. The molecular weight excluding hydrogens is 420 g/mol. The number of aromatic nitrogens is 1. The number of nitrogens with two attached hydrogens (primary N) is 1. The van der Waals surface area contributed by atoms with Crippen molar-refractivity contribution >= 4 is 20.9 Å². The average Bonchev–Trinajstić information content (AvgIpc) is 3.40. The molecule has 0 atom stereocenters. The molecule has 3 N–H and O–H groups in total. The first kappa shape index (κ1) is 20.5. The molecule has 4 aromatic rings. The lowest BCUT2D eigenvalue weighted by molar-refractivity contribution is 0.319. The molecule has 0 saturated heterocycles. The van der Waals surface area contributed by atoms with Gasteiger partial charge in [-0.3, -0.25) is 4.55 Å². The summed E-state index contributed by atoms with van der Waals surface area (Å²) in [6.07, 6.45) is 0.579. The van der Waals surface area contributed by atoms with Gasteiger partial charge in [-0.2, -0.15) is 4.21 Å². The van der Waals surface area contributed by atoms with Gasteiger partial charge in [-0.15, -0.1) is 11.3 Å². The molecule has 4 rings (SSSR count). The number of rotatable bonds is 7. The summed E-state index contributed by atoms with van der Waals surface area (Å²) < 4.78 is 35.4. The van der Waals surface area contributed by atoms with Gasteiger partial charge in [-0.25, -0.2) is 10.1 Å². The van der Waals surface area contributed by atoms with Crippen molar-refractivity contribution in [2.24, 2.45) is 5.14 Å². The monoisotopic (exact) mass is 442 g/mol. The van der Waals surface area contributed by atoms with E-state index in [9.17, 15) is 8.76 Å². The lowest BCUT2D eigenvalue weighted by Crippen LogP contribution is -2.41. The highest BCUT2D eigenvalue weighted by atomic mass is 32.3. The van der Waals surface area contributed by atoms with Crippen molar-refractivity contribution in [2.45, 2.75) is 22.4 Å². The van der Waals surface area contributed by atoms with Gasteiger partial charge in [0, 0.05) is 12.0 Å². The number of thiophene rings is 1. The number of aryl methyl sites for hydroxylation is 1. The quantitative estimate of drug-likeness (QED) is 0.423. The van der Waals surface area contributed by atoms with Crippen LogP contribution in [0, 0.1) is 6.92 Å². The van der Waals surface area contributed by atoms with Crippen LogP contribution in [0.25, 0.3) is 11.5 Å². The number of benzene rings is 2. The van der Waals surface area contributed by atoms with Crippen LogP contribution in [0.2, 0.25) is 0 Å². The Morgan fingerprint density at radius 3 is 2.50 bits per heavy atom. The lowest BCUT2D eigenvalue weighted by atomic mass is 10.2. The van der Waals surface area contributed by atoms with Crippen LogP contribution in [-0.4, -0.2) is 20.4 Å². The number of hydrogen-bond donors (Lipinski definition) is 2. The largest absolute Gasteiger partial charge is 0.493 e. The Bertz CT molecular complexity index is 1190. The van der Waals surface area contributed by atoms with E-state index in [1.54, 1.807) is 29.6 Å². The zero-order chi connectivity index (χ0) is 21.2. The van der Waals surface area contributed by atoms with Gasteiger partial charge in [0.25, 0.3) is 0 Å². The second kappa shape index (κ2) is 7.81. The molecule has 0 radical (unpaired) electrons. The van der Waals surface area contributed by atoms with Gasteiger partial charge in [0.15, 0.2) is 0 Å². The topological polar surface area (TPSA) is 98.6 Å². The Morgan fingerprint density at radius 2 is 1.83 bits per heavy atom. The second-order valence-electron chi connectivity index (χ2n) is 6.85. The first-order valence-electron chi connectivity index (χ1n) is 9.32. The van der Waals surface area contributed by atoms with E-state index in [1.807, 2.05) is 37.3 Å². The molecule has 0 amide bonds. The SMILES string of the molecule is Cc1oc(-c2ccccc2)nc1CCOc1ccc(S(N)(=O)(O)c2cccs2)cc1. The van der Waals surface area contributed by atoms with E-state index in [0.29, 0.717) is 24.7 Å². The third-order valence-electron chi connectivity index (χ3n) is 4.68. The lowest BCUT2D eigenvalue weighted by Gasteiger charge is -2.37. The van der Waals surface area contributed by atoms with Gasteiger partial charge >= 0.3 is 0 Å². The molecule has 0 aliphatic carbocycles. The highest BCUT2D eigenvalue weighted by Gasteiger charge is 2.28. The summed E-state index contributed by atoms with van der Waals surface area (Å²) in [5.74, 6) is 1.93. The maximum absolute atomic E-state index is 13.0. The molecule has 6 nitrogen and oxygen atoms in total. The first-order chi connectivity index (χ1) is 14.3. The summed E-state index contributed by atoms with van der Waals surface area (Å²) in [4.78, 5) is 4.72. The molecular formula is C22H22N2O4S2. The van der Waals surface area contributed by atoms with Gasteiger partial charge in [0.05, 0.1) is 17.2 Å². The van der Waals surface area contributed by atoms with Crippen LogP contribution in [0.15, 0.2) is 85.6 Å². The van der Waals surface area contributed by atoms with Crippen molar-refractivity contribution in [3.63, 3.8) is 0 Å². The highest BCUT2D eigenvalue weighted by molar-refractivity contribution is 8.14. The van der Waals surface area contributed by atoms with Crippen LogP contribution in [0.1, 0.15) is 11.5 Å². The van der Waals surface area contributed by atoms with Crippen molar-refractivity contribution in [1.29, 1.82) is 0 Å². The first-order valence-corrected chi connectivity index (χ1v) is 12.2. The minimum absolute atomic E-state index is 0.154. The van der Waals surface area contributed by atoms with Crippen molar-refractivity contribution in [3.8, 4) is 17.2 Å². The molecule has 0 aliphatic heterocycles. The van der Waals surface area contributed by atoms with E-state index in [0.717, 1.165) is 28.4 Å². The smallest absolute Gasteiger partial charge is 0.226 e. The van der Waals surface area contributed by atoms with Crippen molar-refractivity contribution in [1.82, 2.24) is 4.98 Å².